The third kappa shape index (κ3) is 6.61. The van der Waals surface area contributed by atoms with Crippen molar-refractivity contribution in [3.05, 3.63) is 105 Å². The van der Waals surface area contributed by atoms with Gasteiger partial charge in [0.2, 0.25) is 0 Å². The summed E-state index contributed by atoms with van der Waals surface area (Å²) in [7, 11) is 0. The SMILES string of the molecule is O=C(COc1ccc2cc(Br)ccc2c1Br)NNC(=O)c1ccccc1OCCc1ccccc1. The third-order valence-corrected chi connectivity index (χ3v) is 6.49. The number of carbonyl (C=O) groups is 2. The topological polar surface area (TPSA) is 76.7 Å². The molecule has 0 atom stereocenters. The number of amides is 2. The van der Waals surface area contributed by atoms with Crippen molar-refractivity contribution in [3.63, 3.8) is 0 Å². The van der Waals surface area contributed by atoms with Gasteiger partial charge in [-0.3, -0.25) is 20.4 Å². The Bertz CT molecular complexity index is 1350. The zero-order valence-electron chi connectivity index (χ0n) is 18.6. The molecule has 0 bridgehead atoms. The van der Waals surface area contributed by atoms with Crippen LogP contribution in [0, 0.1) is 0 Å². The van der Waals surface area contributed by atoms with Crippen LogP contribution >= 0.6 is 31.9 Å². The normalized spacial score (nSPS) is 10.6. The number of halogens is 2. The lowest BCUT2D eigenvalue weighted by molar-refractivity contribution is -0.123. The molecule has 2 N–H and O–H groups in total. The predicted octanol–water partition coefficient (Wildman–Crippen LogP) is 5.83. The Morgan fingerprint density at radius 3 is 2.37 bits per heavy atom. The van der Waals surface area contributed by atoms with E-state index in [-0.39, 0.29) is 6.61 Å². The van der Waals surface area contributed by atoms with Gasteiger partial charge in [0.1, 0.15) is 11.5 Å². The van der Waals surface area contributed by atoms with Crippen LogP contribution in [0.25, 0.3) is 10.8 Å². The molecule has 4 rings (SSSR count). The molecule has 2 amide bonds. The summed E-state index contributed by atoms with van der Waals surface area (Å²) in [5, 5.41) is 1.99. The Labute approximate surface area is 219 Å². The summed E-state index contributed by atoms with van der Waals surface area (Å²) >= 11 is 6.99. The number of fused-ring (bicyclic) bond motifs is 1. The smallest absolute Gasteiger partial charge is 0.276 e. The van der Waals surface area contributed by atoms with Gasteiger partial charge in [-0.1, -0.05) is 70.5 Å². The molecule has 0 aromatic heterocycles. The summed E-state index contributed by atoms with van der Waals surface area (Å²) in [5.74, 6) is -0.00799. The molecule has 0 aliphatic carbocycles. The first kappa shape index (κ1) is 24.8. The Morgan fingerprint density at radius 1 is 0.771 bits per heavy atom. The molecule has 0 fully saturated rings. The van der Waals surface area contributed by atoms with E-state index in [9.17, 15) is 9.59 Å². The van der Waals surface area contributed by atoms with Crippen LogP contribution in [0.5, 0.6) is 11.5 Å². The average molecular weight is 598 g/mol. The van der Waals surface area contributed by atoms with Gasteiger partial charge in [0.05, 0.1) is 16.6 Å². The van der Waals surface area contributed by atoms with Gasteiger partial charge >= 0.3 is 0 Å². The first-order valence-corrected chi connectivity index (χ1v) is 12.5. The van der Waals surface area contributed by atoms with Gasteiger partial charge in [-0.25, -0.2) is 0 Å². The summed E-state index contributed by atoms with van der Waals surface area (Å²) in [6, 6.07) is 26.4. The number of hydrogen-bond acceptors (Lipinski definition) is 4. The van der Waals surface area contributed by atoms with Crippen LogP contribution in [0.15, 0.2) is 93.9 Å². The van der Waals surface area contributed by atoms with Crippen LogP contribution < -0.4 is 20.3 Å². The van der Waals surface area contributed by atoms with Crippen molar-refractivity contribution >= 4 is 54.4 Å². The molecule has 0 aliphatic rings. The van der Waals surface area contributed by atoms with Crippen LogP contribution in [0.2, 0.25) is 0 Å². The summed E-state index contributed by atoms with van der Waals surface area (Å²) in [4.78, 5) is 24.9. The summed E-state index contributed by atoms with van der Waals surface area (Å²) < 4.78 is 13.2. The van der Waals surface area contributed by atoms with Gasteiger partial charge in [0, 0.05) is 10.9 Å². The molecular weight excluding hydrogens is 576 g/mol. The molecule has 178 valence electrons. The molecule has 4 aromatic rings. The van der Waals surface area contributed by atoms with Gasteiger partial charge in [-0.15, -0.1) is 0 Å². The van der Waals surface area contributed by atoms with Crippen molar-refractivity contribution in [1.29, 1.82) is 0 Å². The lowest BCUT2D eigenvalue weighted by Gasteiger charge is -2.13. The number of benzene rings is 4. The molecule has 0 radical (unpaired) electrons. The number of hydrazine groups is 1. The van der Waals surface area contributed by atoms with Gasteiger partial charge in [0.15, 0.2) is 6.61 Å². The molecule has 0 saturated heterocycles. The molecule has 0 aliphatic heterocycles. The van der Waals surface area contributed by atoms with Crippen LogP contribution in [-0.4, -0.2) is 25.0 Å². The highest BCUT2D eigenvalue weighted by molar-refractivity contribution is 9.11. The van der Waals surface area contributed by atoms with Crippen LogP contribution in [0.3, 0.4) is 0 Å². The van der Waals surface area contributed by atoms with E-state index in [0.717, 1.165) is 25.3 Å². The maximum atomic E-state index is 12.6. The van der Waals surface area contributed by atoms with Crippen molar-refractivity contribution in [2.75, 3.05) is 13.2 Å². The second-order valence-electron chi connectivity index (χ2n) is 7.61. The van der Waals surface area contributed by atoms with E-state index in [1.807, 2.05) is 54.6 Å². The maximum Gasteiger partial charge on any atom is 0.276 e. The third-order valence-electron chi connectivity index (χ3n) is 5.18. The van der Waals surface area contributed by atoms with E-state index in [4.69, 9.17) is 9.47 Å². The number of hydrogen-bond donors (Lipinski definition) is 2. The van der Waals surface area contributed by atoms with Crippen molar-refractivity contribution in [2.45, 2.75) is 6.42 Å². The highest BCUT2D eigenvalue weighted by Gasteiger charge is 2.14. The van der Waals surface area contributed by atoms with Gasteiger partial charge in [-0.2, -0.15) is 0 Å². The number of nitrogens with one attached hydrogen (secondary N) is 2. The van der Waals surface area contributed by atoms with E-state index >= 15 is 0 Å². The Morgan fingerprint density at radius 2 is 1.54 bits per heavy atom. The van der Waals surface area contributed by atoms with E-state index in [2.05, 4.69) is 42.7 Å². The molecular formula is C27H22Br2N2O4. The fourth-order valence-corrected chi connectivity index (χ4v) is 4.42. The van der Waals surface area contributed by atoms with Crippen molar-refractivity contribution < 1.29 is 19.1 Å². The Kier molecular flexibility index (Phi) is 8.39. The number of rotatable bonds is 8. The first-order chi connectivity index (χ1) is 17.0. The zero-order chi connectivity index (χ0) is 24.6. The molecule has 8 heteroatoms. The fourth-order valence-electron chi connectivity index (χ4n) is 3.43. The minimum atomic E-state index is -0.497. The molecule has 35 heavy (non-hydrogen) atoms. The van der Waals surface area contributed by atoms with Gasteiger partial charge in [0.25, 0.3) is 11.8 Å². The number of ether oxygens (including phenoxy) is 2. The Balaban J connectivity index is 1.29. The maximum absolute atomic E-state index is 12.6. The lowest BCUT2D eigenvalue weighted by Crippen LogP contribution is -2.44. The predicted molar refractivity (Wildman–Crippen MR) is 143 cm³/mol. The van der Waals surface area contributed by atoms with E-state index in [1.165, 1.54) is 0 Å². The van der Waals surface area contributed by atoms with Crippen molar-refractivity contribution in [1.82, 2.24) is 10.9 Å². The van der Waals surface area contributed by atoms with Crippen molar-refractivity contribution in [3.8, 4) is 11.5 Å². The minimum absolute atomic E-state index is 0.268. The van der Waals surface area contributed by atoms with E-state index in [0.29, 0.717) is 30.1 Å². The molecule has 6 nitrogen and oxygen atoms in total. The second kappa shape index (κ2) is 11.9. The molecule has 0 spiro atoms. The van der Waals surface area contributed by atoms with Gasteiger partial charge < -0.3 is 9.47 Å². The van der Waals surface area contributed by atoms with Crippen LogP contribution in [0.1, 0.15) is 15.9 Å². The highest BCUT2D eigenvalue weighted by Crippen LogP contribution is 2.34. The highest BCUT2D eigenvalue weighted by atomic mass is 79.9. The number of para-hydroxylation sites is 1. The molecule has 0 unspecified atom stereocenters. The van der Waals surface area contributed by atoms with Crippen LogP contribution in [0.4, 0.5) is 0 Å². The molecule has 4 aromatic carbocycles. The standard InChI is InChI=1S/C27H22Br2N2O4/c28-20-11-12-21-19(16-20)10-13-24(26(21)29)35-17-25(32)30-31-27(33)22-8-4-5-9-23(22)34-15-14-18-6-2-1-3-7-18/h1-13,16H,14-15,17H2,(H,30,32)(H,31,33). The Hall–Kier alpha value is -3.36. The quantitative estimate of drug-likeness (QED) is 0.251. The lowest BCUT2D eigenvalue weighted by atomic mass is 10.1. The molecule has 0 saturated carbocycles. The van der Waals surface area contributed by atoms with Gasteiger partial charge in [-0.05, 0) is 62.6 Å². The summed E-state index contributed by atoms with van der Waals surface area (Å²) in [6.45, 7) is 0.155. The summed E-state index contributed by atoms with van der Waals surface area (Å²) in [5.41, 5.74) is 6.27. The van der Waals surface area contributed by atoms with E-state index < -0.39 is 11.8 Å². The minimum Gasteiger partial charge on any atom is -0.492 e. The van der Waals surface area contributed by atoms with Crippen molar-refractivity contribution in [2.24, 2.45) is 0 Å². The average Bonchev–Trinajstić information content (AvgIpc) is 2.87. The number of carbonyl (C=O) groups excluding carboxylic acids is 2. The largest absolute Gasteiger partial charge is 0.492 e. The zero-order valence-corrected chi connectivity index (χ0v) is 21.8. The monoisotopic (exact) mass is 596 g/mol. The second-order valence-corrected chi connectivity index (χ2v) is 9.32. The molecule has 0 heterocycles. The first-order valence-electron chi connectivity index (χ1n) is 10.9. The summed E-state index contributed by atoms with van der Waals surface area (Å²) in [6.07, 6.45) is 0.715. The fraction of sp³-hybridized carbons (Fsp3) is 0.111. The van der Waals surface area contributed by atoms with Crippen LogP contribution in [-0.2, 0) is 11.2 Å². The van der Waals surface area contributed by atoms with E-state index in [1.54, 1.807) is 30.3 Å².